The van der Waals surface area contributed by atoms with Crippen molar-refractivity contribution in [3.05, 3.63) is 86.8 Å². The van der Waals surface area contributed by atoms with Gasteiger partial charge in [-0.05, 0) is 59.2 Å². The van der Waals surface area contributed by atoms with Crippen LogP contribution in [0.2, 0.25) is 0 Å². The second-order valence-electron chi connectivity index (χ2n) is 7.90. The van der Waals surface area contributed by atoms with Gasteiger partial charge in [0.25, 0.3) is 5.56 Å². The average molecular weight is 374 g/mol. The molecule has 0 radical (unpaired) electrons. The van der Waals surface area contributed by atoms with Gasteiger partial charge in [-0.1, -0.05) is 50.2 Å². The molecule has 4 rings (SSSR count). The summed E-state index contributed by atoms with van der Waals surface area (Å²) in [5, 5.41) is 5.80. The van der Waals surface area contributed by atoms with E-state index in [4.69, 9.17) is 4.74 Å². The number of hydrogen-bond donors (Lipinski definition) is 2. The normalized spacial score (nSPS) is 16.0. The summed E-state index contributed by atoms with van der Waals surface area (Å²) in [5.74, 6) is 1.48. The van der Waals surface area contributed by atoms with Crippen LogP contribution in [-0.4, -0.2) is 17.3 Å². The molecule has 0 fully saturated rings. The standard InChI is InChI=1S/C24H26N2O2/c1-15(2)12-16-4-6-17(7-5-16)19-13-21(18-8-10-20(28-3)11-9-18)23-22(14-19)25-26-24(23)27/h4-11,14-15,21H,12-13H2,1-3H3,(H2,25,26,27). The summed E-state index contributed by atoms with van der Waals surface area (Å²) < 4.78 is 5.28. The van der Waals surface area contributed by atoms with Gasteiger partial charge in [0.15, 0.2) is 0 Å². The van der Waals surface area contributed by atoms with E-state index in [0.29, 0.717) is 5.92 Å². The second kappa shape index (κ2) is 7.55. The molecule has 4 nitrogen and oxygen atoms in total. The molecule has 1 atom stereocenters. The van der Waals surface area contributed by atoms with Crippen LogP contribution in [0.5, 0.6) is 5.75 Å². The van der Waals surface area contributed by atoms with Gasteiger partial charge in [0, 0.05) is 5.92 Å². The SMILES string of the molecule is COc1ccc(C2CC(c3ccc(CC(C)C)cc3)=Cc3[nH][nH]c(=O)c32)cc1. The van der Waals surface area contributed by atoms with Gasteiger partial charge in [-0.3, -0.25) is 15.0 Å². The van der Waals surface area contributed by atoms with E-state index in [9.17, 15) is 4.79 Å². The number of H-pyrrole nitrogens is 2. The van der Waals surface area contributed by atoms with Crippen LogP contribution in [0, 0.1) is 5.92 Å². The zero-order chi connectivity index (χ0) is 19.7. The molecule has 28 heavy (non-hydrogen) atoms. The van der Waals surface area contributed by atoms with Crippen molar-refractivity contribution in [2.45, 2.75) is 32.6 Å². The molecule has 2 aromatic carbocycles. The minimum Gasteiger partial charge on any atom is -0.497 e. The first-order chi connectivity index (χ1) is 13.5. The van der Waals surface area contributed by atoms with Gasteiger partial charge < -0.3 is 4.74 Å². The third kappa shape index (κ3) is 3.55. The quantitative estimate of drug-likeness (QED) is 0.661. The van der Waals surface area contributed by atoms with Crippen LogP contribution in [0.25, 0.3) is 11.6 Å². The Labute approximate surface area is 165 Å². The van der Waals surface area contributed by atoms with Crippen molar-refractivity contribution in [2.75, 3.05) is 7.11 Å². The first kappa shape index (κ1) is 18.4. The second-order valence-corrected chi connectivity index (χ2v) is 7.90. The van der Waals surface area contributed by atoms with Crippen LogP contribution in [0.3, 0.4) is 0 Å². The zero-order valence-electron chi connectivity index (χ0n) is 16.6. The molecule has 2 N–H and O–H groups in total. The van der Waals surface area contributed by atoms with E-state index in [-0.39, 0.29) is 11.5 Å². The van der Waals surface area contributed by atoms with Crippen LogP contribution in [-0.2, 0) is 6.42 Å². The fourth-order valence-electron chi connectivity index (χ4n) is 4.04. The van der Waals surface area contributed by atoms with Crippen molar-refractivity contribution in [1.82, 2.24) is 10.2 Å². The summed E-state index contributed by atoms with van der Waals surface area (Å²) in [7, 11) is 1.66. The molecular formula is C24H26N2O2. The van der Waals surface area contributed by atoms with Crippen LogP contribution in [0.4, 0.5) is 0 Å². The monoisotopic (exact) mass is 374 g/mol. The Balaban J connectivity index is 1.70. The van der Waals surface area contributed by atoms with Gasteiger partial charge in [0.2, 0.25) is 0 Å². The Morgan fingerprint density at radius 3 is 2.39 bits per heavy atom. The molecule has 0 bridgehead atoms. The summed E-state index contributed by atoms with van der Waals surface area (Å²) in [4.78, 5) is 12.4. The number of rotatable bonds is 5. The molecule has 0 aliphatic heterocycles. The Kier molecular flexibility index (Phi) is 4.95. The van der Waals surface area contributed by atoms with Crippen molar-refractivity contribution in [3.8, 4) is 5.75 Å². The smallest absolute Gasteiger partial charge is 0.268 e. The van der Waals surface area contributed by atoms with Gasteiger partial charge in [-0.25, -0.2) is 0 Å². The van der Waals surface area contributed by atoms with E-state index in [2.05, 4.69) is 54.4 Å². The maximum Gasteiger partial charge on any atom is 0.268 e. The summed E-state index contributed by atoms with van der Waals surface area (Å²) >= 11 is 0. The molecule has 0 spiro atoms. The maximum absolute atomic E-state index is 12.4. The number of hydrogen-bond acceptors (Lipinski definition) is 2. The van der Waals surface area contributed by atoms with Crippen molar-refractivity contribution in [1.29, 1.82) is 0 Å². The molecule has 3 aromatic rings. The Morgan fingerprint density at radius 1 is 1.04 bits per heavy atom. The first-order valence-electron chi connectivity index (χ1n) is 9.79. The highest BCUT2D eigenvalue weighted by Crippen LogP contribution is 2.40. The van der Waals surface area contributed by atoms with Crippen LogP contribution < -0.4 is 10.3 Å². The molecule has 1 aliphatic carbocycles. The van der Waals surface area contributed by atoms with Crippen molar-refractivity contribution in [3.63, 3.8) is 0 Å². The Bertz CT molecular complexity index is 1040. The number of fused-ring (bicyclic) bond motifs is 1. The molecule has 1 aliphatic rings. The minimum atomic E-state index is -0.0431. The molecule has 0 saturated heterocycles. The number of benzene rings is 2. The number of aromatic nitrogens is 2. The number of aromatic amines is 2. The minimum absolute atomic E-state index is 0.0197. The molecule has 1 heterocycles. The largest absolute Gasteiger partial charge is 0.497 e. The molecule has 1 aromatic heterocycles. The fraction of sp³-hybridized carbons (Fsp3) is 0.292. The van der Waals surface area contributed by atoms with Crippen molar-refractivity contribution >= 4 is 11.6 Å². The van der Waals surface area contributed by atoms with E-state index in [1.807, 2.05) is 24.3 Å². The summed E-state index contributed by atoms with van der Waals surface area (Å²) in [6.45, 7) is 4.47. The summed E-state index contributed by atoms with van der Waals surface area (Å²) in [6, 6.07) is 16.8. The topological polar surface area (TPSA) is 57.9 Å². The van der Waals surface area contributed by atoms with Crippen LogP contribution >= 0.6 is 0 Å². The lowest BCUT2D eigenvalue weighted by Gasteiger charge is -2.23. The van der Waals surface area contributed by atoms with E-state index in [1.54, 1.807) is 7.11 Å². The van der Waals surface area contributed by atoms with Gasteiger partial charge in [-0.2, -0.15) is 0 Å². The molecular weight excluding hydrogens is 348 g/mol. The summed E-state index contributed by atoms with van der Waals surface area (Å²) in [5.41, 5.74) is 6.56. The molecule has 0 saturated carbocycles. The van der Waals surface area contributed by atoms with Gasteiger partial charge >= 0.3 is 0 Å². The highest BCUT2D eigenvalue weighted by molar-refractivity contribution is 5.84. The fourth-order valence-corrected chi connectivity index (χ4v) is 4.04. The molecule has 144 valence electrons. The van der Waals surface area contributed by atoms with E-state index < -0.39 is 0 Å². The van der Waals surface area contributed by atoms with Crippen molar-refractivity contribution < 1.29 is 4.74 Å². The van der Waals surface area contributed by atoms with Crippen molar-refractivity contribution in [2.24, 2.45) is 5.92 Å². The lowest BCUT2D eigenvalue weighted by atomic mass is 9.80. The Hall–Kier alpha value is -3.01. The Morgan fingerprint density at radius 2 is 1.75 bits per heavy atom. The predicted molar refractivity (Wildman–Crippen MR) is 114 cm³/mol. The number of ether oxygens (including phenoxy) is 1. The van der Waals surface area contributed by atoms with Crippen LogP contribution in [0.15, 0.2) is 53.3 Å². The zero-order valence-corrected chi connectivity index (χ0v) is 16.6. The highest BCUT2D eigenvalue weighted by atomic mass is 16.5. The molecule has 4 heteroatoms. The van der Waals surface area contributed by atoms with E-state index in [0.717, 1.165) is 35.4 Å². The predicted octanol–water partition coefficient (Wildman–Crippen LogP) is 4.99. The summed E-state index contributed by atoms with van der Waals surface area (Å²) in [6.07, 6.45) is 3.98. The van der Waals surface area contributed by atoms with E-state index >= 15 is 0 Å². The molecule has 0 amide bonds. The third-order valence-electron chi connectivity index (χ3n) is 5.42. The van der Waals surface area contributed by atoms with Gasteiger partial charge in [0.1, 0.15) is 5.75 Å². The number of methoxy groups -OCH3 is 1. The maximum atomic E-state index is 12.4. The first-order valence-corrected chi connectivity index (χ1v) is 9.79. The lowest BCUT2D eigenvalue weighted by Crippen LogP contribution is -2.16. The number of allylic oxidation sites excluding steroid dienone is 1. The van der Waals surface area contributed by atoms with Crippen LogP contribution in [0.1, 0.15) is 54.1 Å². The average Bonchev–Trinajstić information content (AvgIpc) is 3.08. The van der Waals surface area contributed by atoms with Gasteiger partial charge in [0.05, 0.1) is 18.4 Å². The number of nitrogens with one attached hydrogen (secondary N) is 2. The van der Waals surface area contributed by atoms with Gasteiger partial charge in [-0.15, -0.1) is 0 Å². The third-order valence-corrected chi connectivity index (χ3v) is 5.42. The molecule has 1 unspecified atom stereocenters. The highest BCUT2D eigenvalue weighted by Gasteiger charge is 2.27. The lowest BCUT2D eigenvalue weighted by molar-refractivity contribution is 0.414. The van der Waals surface area contributed by atoms with E-state index in [1.165, 1.54) is 16.7 Å².